The number of nitrogens with zero attached hydrogens (tertiary/aromatic N) is 2. The van der Waals surface area contributed by atoms with Gasteiger partial charge in [-0.3, -0.25) is 9.97 Å². The number of fused-ring (bicyclic) bond motifs is 1. The number of aliphatic hydroxyl groups is 1. The van der Waals surface area contributed by atoms with Crippen LogP contribution in [0.15, 0.2) is 59.3 Å². The van der Waals surface area contributed by atoms with Crippen molar-refractivity contribution in [1.82, 2.24) is 9.97 Å². The van der Waals surface area contributed by atoms with Crippen molar-refractivity contribution in [2.24, 2.45) is 5.92 Å². The molecular formula is C22H21BrN2O3. The van der Waals surface area contributed by atoms with E-state index in [1.165, 1.54) is 0 Å². The minimum Gasteiger partial charge on any atom is -0.493 e. The molecule has 0 spiro atoms. The normalized spacial score (nSPS) is 18.2. The summed E-state index contributed by atoms with van der Waals surface area (Å²) >= 11 is 3.45. The third-order valence-electron chi connectivity index (χ3n) is 4.89. The Balaban J connectivity index is 1.47. The van der Waals surface area contributed by atoms with Crippen LogP contribution in [0.1, 0.15) is 28.6 Å². The largest absolute Gasteiger partial charge is 0.493 e. The maximum absolute atomic E-state index is 10.9. The zero-order chi connectivity index (χ0) is 19.5. The van der Waals surface area contributed by atoms with Crippen LogP contribution in [0.5, 0.6) is 11.5 Å². The predicted molar refractivity (Wildman–Crippen MR) is 109 cm³/mol. The molecule has 0 amide bonds. The number of ether oxygens (including phenoxy) is 2. The highest BCUT2D eigenvalue weighted by atomic mass is 79.9. The molecule has 0 bridgehead atoms. The Kier molecular flexibility index (Phi) is 5.59. The van der Waals surface area contributed by atoms with Gasteiger partial charge in [-0.1, -0.05) is 6.07 Å². The molecule has 1 aliphatic rings. The van der Waals surface area contributed by atoms with E-state index in [4.69, 9.17) is 9.47 Å². The maximum atomic E-state index is 10.9. The number of hydrogen-bond acceptors (Lipinski definition) is 5. The Hall–Kier alpha value is -2.44. The van der Waals surface area contributed by atoms with Crippen molar-refractivity contribution in [3.8, 4) is 11.5 Å². The summed E-state index contributed by atoms with van der Waals surface area (Å²) in [7, 11) is 0. The van der Waals surface area contributed by atoms with Crippen LogP contribution in [-0.4, -0.2) is 21.7 Å². The molecule has 3 heterocycles. The van der Waals surface area contributed by atoms with Gasteiger partial charge in [-0.2, -0.15) is 0 Å². The molecule has 1 aromatic carbocycles. The van der Waals surface area contributed by atoms with E-state index in [-0.39, 0.29) is 5.92 Å². The summed E-state index contributed by atoms with van der Waals surface area (Å²) in [6.07, 6.45) is 3.68. The van der Waals surface area contributed by atoms with Gasteiger partial charge in [-0.25, -0.2) is 0 Å². The molecular weight excluding hydrogens is 420 g/mol. The highest BCUT2D eigenvalue weighted by Gasteiger charge is 2.30. The van der Waals surface area contributed by atoms with Gasteiger partial charge in [-0.15, -0.1) is 0 Å². The Labute approximate surface area is 172 Å². The number of aryl methyl sites for hydroxylation is 1. The van der Waals surface area contributed by atoms with E-state index < -0.39 is 6.10 Å². The summed E-state index contributed by atoms with van der Waals surface area (Å²) in [5.74, 6) is 1.37. The molecule has 2 atom stereocenters. The molecule has 144 valence electrons. The molecule has 0 saturated heterocycles. The second-order valence-corrected chi connectivity index (χ2v) is 7.79. The standard InChI is InChI=1S/C22H21BrN2O3/c1-14-20(23)6-4-17(25-14)13-27-18-5-7-21-19(10-18)22(26)16(12-28-21)9-15-3-2-8-24-11-15/h2-8,10-11,16,22,26H,9,12-13H2,1H3/t16-,22-/m1/s1. The number of halogens is 1. The lowest BCUT2D eigenvalue weighted by molar-refractivity contribution is 0.0504. The zero-order valence-electron chi connectivity index (χ0n) is 15.5. The summed E-state index contributed by atoms with van der Waals surface area (Å²) < 4.78 is 12.7. The molecule has 6 heteroatoms. The number of pyridine rings is 2. The molecule has 1 N–H and O–H groups in total. The van der Waals surface area contributed by atoms with Crippen LogP contribution in [0.3, 0.4) is 0 Å². The van der Waals surface area contributed by atoms with Crippen LogP contribution < -0.4 is 9.47 Å². The van der Waals surface area contributed by atoms with Crippen LogP contribution in [0.4, 0.5) is 0 Å². The number of hydrogen-bond donors (Lipinski definition) is 1. The fourth-order valence-electron chi connectivity index (χ4n) is 3.35. The van der Waals surface area contributed by atoms with E-state index in [1.807, 2.05) is 55.6 Å². The van der Waals surface area contributed by atoms with Crippen molar-refractivity contribution in [2.45, 2.75) is 26.1 Å². The minimum absolute atomic E-state index is 0.0252. The number of rotatable bonds is 5. The minimum atomic E-state index is -0.611. The van der Waals surface area contributed by atoms with Gasteiger partial charge in [0.25, 0.3) is 0 Å². The number of benzene rings is 1. The van der Waals surface area contributed by atoms with Crippen molar-refractivity contribution in [1.29, 1.82) is 0 Å². The van der Waals surface area contributed by atoms with Crippen molar-refractivity contribution in [3.05, 3.63) is 81.8 Å². The fraction of sp³-hybridized carbons (Fsp3) is 0.273. The molecule has 0 unspecified atom stereocenters. The van der Waals surface area contributed by atoms with Gasteiger partial charge in [0.2, 0.25) is 0 Å². The van der Waals surface area contributed by atoms with Gasteiger partial charge in [-0.05, 0) is 71.2 Å². The third kappa shape index (κ3) is 4.18. The second-order valence-electron chi connectivity index (χ2n) is 6.94. The molecule has 0 radical (unpaired) electrons. The first kappa shape index (κ1) is 18.9. The summed E-state index contributed by atoms with van der Waals surface area (Å²) in [5, 5.41) is 10.9. The molecule has 2 aromatic heterocycles. The van der Waals surface area contributed by atoms with Crippen LogP contribution in [0, 0.1) is 12.8 Å². The molecule has 3 aromatic rings. The van der Waals surface area contributed by atoms with Crippen LogP contribution in [-0.2, 0) is 13.0 Å². The van der Waals surface area contributed by atoms with Gasteiger partial charge in [0.05, 0.1) is 24.1 Å². The van der Waals surface area contributed by atoms with Gasteiger partial charge < -0.3 is 14.6 Å². The second kappa shape index (κ2) is 8.29. The maximum Gasteiger partial charge on any atom is 0.130 e. The van der Waals surface area contributed by atoms with Crippen LogP contribution in [0.2, 0.25) is 0 Å². The molecule has 28 heavy (non-hydrogen) atoms. The SMILES string of the molecule is Cc1nc(COc2ccc3c(c2)[C@H](O)[C@H](Cc2cccnc2)CO3)ccc1Br. The predicted octanol–water partition coefficient (Wildman–Crippen LogP) is 4.41. The van der Waals surface area contributed by atoms with E-state index in [0.29, 0.717) is 31.1 Å². The molecule has 0 saturated carbocycles. The molecule has 4 rings (SSSR count). The lowest BCUT2D eigenvalue weighted by Gasteiger charge is -2.30. The molecule has 5 nitrogen and oxygen atoms in total. The lowest BCUT2D eigenvalue weighted by atomic mass is 9.88. The van der Waals surface area contributed by atoms with Gasteiger partial charge >= 0.3 is 0 Å². The third-order valence-corrected chi connectivity index (χ3v) is 5.72. The number of aliphatic hydroxyl groups excluding tert-OH is 1. The Morgan fingerprint density at radius 1 is 1.25 bits per heavy atom. The van der Waals surface area contributed by atoms with E-state index in [0.717, 1.165) is 27.0 Å². The smallest absolute Gasteiger partial charge is 0.130 e. The van der Waals surface area contributed by atoms with Gasteiger partial charge in [0.15, 0.2) is 0 Å². The van der Waals surface area contributed by atoms with Crippen molar-refractivity contribution in [3.63, 3.8) is 0 Å². The highest BCUT2D eigenvalue weighted by Crippen LogP contribution is 2.39. The van der Waals surface area contributed by atoms with Crippen molar-refractivity contribution < 1.29 is 14.6 Å². The van der Waals surface area contributed by atoms with Crippen LogP contribution in [0.25, 0.3) is 0 Å². The fourth-order valence-corrected chi connectivity index (χ4v) is 3.57. The average molecular weight is 441 g/mol. The summed E-state index contributed by atoms with van der Waals surface area (Å²) in [6.45, 7) is 2.79. The molecule has 0 aliphatic carbocycles. The quantitative estimate of drug-likeness (QED) is 0.636. The lowest BCUT2D eigenvalue weighted by Crippen LogP contribution is -2.27. The van der Waals surface area contributed by atoms with Gasteiger partial charge in [0, 0.05) is 28.3 Å². The molecule has 1 aliphatic heterocycles. The van der Waals surface area contributed by atoms with Gasteiger partial charge in [0.1, 0.15) is 18.1 Å². The van der Waals surface area contributed by atoms with Crippen molar-refractivity contribution in [2.75, 3.05) is 6.61 Å². The summed E-state index contributed by atoms with van der Waals surface area (Å²) in [6, 6.07) is 13.4. The van der Waals surface area contributed by atoms with E-state index in [1.54, 1.807) is 6.20 Å². The Morgan fingerprint density at radius 2 is 2.14 bits per heavy atom. The summed E-state index contributed by atoms with van der Waals surface area (Å²) in [4.78, 5) is 8.64. The Morgan fingerprint density at radius 3 is 2.93 bits per heavy atom. The molecule has 0 fully saturated rings. The first-order valence-corrected chi connectivity index (χ1v) is 9.98. The highest BCUT2D eigenvalue weighted by molar-refractivity contribution is 9.10. The number of aromatic nitrogens is 2. The summed E-state index contributed by atoms with van der Waals surface area (Å²) in [5.41, 5.74) is 3.62. The Bertz CT molecular complexity index is 965. The van der Waals surface area contributed by atoms with E-state index in [9.17, 15) is 5.11 Å². The van der Waals surface area contributed by atoms with E-state index in [2.05, 4.69) is 25.9 Å². The monoisotopic (exact) mass is 440 g/mol. The topological polar surface area (TPSA) is 64.5 Å². The first-order chi connectivity index (χ1) is 13.6. The van der Waals surface area contributed by atoms with E-state index >= 15 is 0 Å². The van der Waals surface area contributed by atoms with Crippen LogP contribution >= 0.6 is 15.9 Å². The zero-order valence-corrected chi connectivity index (χ0v) is 17.1. The van der Waals surface area contributed by atoms with Crippen molar-refractivity contribution >= 4 is 15.9 Å². The average Bonchev–Trinajstić information content (AvgIpc) is 2.72. The first-order valence-electron chi connectivity index (χ1n) is 9.18.